The summed E-state index contributed by atoms with van der Waals surface area (Å²) in [6, 6.07) is 4.26. The molecule has 5 nitrogen and oxygen atoms in total. The van der Waals surface area contributed by atoms with Crippen LogP contribution in [0.25, 0.3) is 11.4 Å². The van der Waals surface area contributed by atoms with Gasteiger partial charge < -0.3 is 10.8 Å². The predicted octanol–water partition coefficient (Wildman–Crippen LogP) is 1.39. The number of hydrogen-bond acceptors (Lipinski definition) is 4. The molecule has 1 aliphatic heterocycles. The number of nitrogens with two attached hydrogens (primary N) is 1. The van der Waals surface area contributed by atoms with Crippen LogP contribution in [-0.2, 0) is 12.1 Å². The minimum atomic E-state index is -1.36. The molecular formula is C14H15FN4O. The van der Waals surface area contributed by atoms with E-state index in [4.69, 9.17) is 5.73 Å². The van der Waals surface area contributed by atoms with Crippen LogP contribution in [0.3, 0.4) is 0 Å². The van der Waals surface area contributed by atoms with Crippen LogP contribution in [0, 0.1) is 11.7 Å². The van der Waals surface area contributed by atoms with E-state index in [1.54, 1.807) is 17.7 Å². The first-order valence-electron chi connectivity index (χ1n) is 6.28. The molecule has 6 heteroatoms. The molecule has 3 N–H and O–H groups in total. The summed E-state index contributed by atoms with van der Waals surface area (Å²) in [6.07, 6.45) is 1.41. The molecule has 1 aliphatic rings. The summed E-state index contributed by atoms with van der Waals surface area (Å²) in [6.45, 7) is 5.62. The van der Waals surface area contributed by atoms with Crippen molar-refractivity contribution >= 4 is 0 Å². The second kappa shape index (κ2) is 4.14. The molecular weight excluding hydrogens is 259 g/mol. The van der Waals surface area contributed by atoms with E-state index in [9.17, 15) is 9.50 Å². The van der Waals surface area contributed by atoms with E-state index in [2.05, 4.69) is 16.7 Å². The SMILES string of the molecule is C=C(N)[C@H](C)[C@]1(O)Cn2ncnc2-c2ccc(F)cc21. The number of fused-ring (bicyclic) bond motifs is 3. The first kappa shape index (κ1) is 12.8. The summed E-state index contributed by atoms with van der Waals surface area (Å²) >= 11 is 0. The van der Waals surface area contributed by atoms with Crippen molar-refractivity contribution in [3.63, 3.8) is 0 Å². The van der Waals surface area contributed by atoms with Gasteiger partial charge in [0.05, 0.1) is 6.54 Å². The molecule has 2 atom stereocenters. The zero-order valence-electron chi connectivity index (χ0n) is 11.0. The number of aromatic nitrogens is 3. The first-order valence-corrected chi connectivity index (χ1v) is 6.28. The number of halogens is 1. The summed E-state index contributed by atoms with van der Waals surface area (Å²) in [5, 5.41) is 15.2. The van der Waals surface area contributed by atoms with Gasteiger partial charge in [-0.05, 0) is 23.8 Å². The molecule has 0 fully saturated rings. The lowest BCUT2D eigenvalue weighted by atomic mass is 9.77. The molecule has 1 aromatic carbocycles. The van der Waals surface area contributed by atoms with Gasteiger partial charge in [0, 0.05) is 17.2 Å². The van der Waals surface area contributed by atoms with Crippen molar-refractivity contribution < 1.29 is 9.50 Å². The highest BCUT2D eigenvalue weighted by Gasteiger charge is 2.43. The number of hydrogen-bond donors (Lipinski definition) is 2. The molecule has 0 spiro atoms. The molecule has 2 heterocycles. The number of rotatable bonds is 2. The fourth-order valence-electron chi connectivity index (χ4n) is 2.65. The van der Waals surface area contributed by atoms with Gasteiger partial charge in [0.25, 0.3) is 0 Å². The van der Waals surface area contributed by atoms with E-state index >= 15 is 0 Å². The Kier molecular flexibility index (Phi) is 2.65. The van der Waals surface area contributed by atoms with Crippen LogP contribution in [-0.4, -0.2) is 19.9 Å². The summed E-state index contributed by atoms with van der Waals surface area (Å²) in [7, 11) is 0. The Balaban J connectivity index is 2.27. The highest BCUT2D eigenvalue weighted by molar-refractivity contribution is 5.64. The fraction of sp³-hybridized carbons (Fsp3) is 0.286. The third-order valence-electron chi connectivity index (χ3n) is 3.97. The van der Waals surface area contributed by atoms with Crippen LogP contribution in [0.5, 0.6) is 0 Å². The number of benzene rings is 1. The van der Waals surface area contributed by atoms with Gasteiger partial charge in [-0.1, -0.05) is 13.5 Å². The van der Waals surface area contributed by atoms with Crippen LogP contribution in [0.15, 0.2) is 36.8 Å². The Bertz CT molecular complexity index is 696. The molecule has 0 saturated carbocycles. The summed E-state index contributed by atoms with van der Waals surface area (Å²) < 4.78 is 15.2. The average Bonchev–Trinajstić information content (AvgIpc) is 2.85. The minimum absolute atomic E-state index is 0.163. The van der Waals surface area contributed by atoms with E-state index < -0.39 is 17.3 Å². The van der Waals surface area contributed by atoms with E-state index in [1.807, 2.05) is 0 Å². The standard InChI is InChI=1S/C14H15FN4O/c1-8(9(2)16)14(20)6-19-13(17-7-18-19)11-4-3-10(15)5-12(11)14/h3-5,7-8,20H,2,6,16H2,1H3/t8-,14+/m0/s1. The summed E-state index contributed by atoms with van der Waals surface area (Å²) in [4.78, 5) is 4.16. The van der Waals surface area contributed by atoms with Crippen molar-refractivity contribution in [2.24, 2.45) is 11.7 Å². The molecule has 20 heavy (non-hydrogen) atoms. The van der Waals surface area contributed by atoms with Gasteiger partial charge in [-0.2, -0.15) is 5.10 Å². The van der Waals surface area contributed by atoms with Gasteiger partial charge in [0.15, 0.2) is 5.82 Å². The Labute approximate surface area is 115 Å². The van der Waals surface area contributed by atoms with Gasteiger partial charge in [-0.15, -0.1) is 0 Å². The van der Waals surface area contributed by atoms with Gasteiger partial charge in [-0.3, -0.25) is 0 Å². The van der Waals surface area contributed by atoms with Crippen molar-refractivity contribution in [3.8, 4) is 11.4 Å². The van der Waals surface area contributed by atoms with Gasteiger partial charge in [0.1, 0.15) is 17.7 Å². The zero-order valence-corrected chi connectivity index (χ0v) is 11.0. The topological polar surface area (TPSA) is 77.0 Å². The van der Waals surface area contributed by atoms with Crippen molar-refractivity contribution in [2.45, 2.75) is 19.1 Å². The van der Waals surface area contributed by atoms with Crippen molar-refractivity contribution in [1.29, 1.82) is 0 Å². The lowest BCUT2D eigenvalue weighted by Crippen LogP contribution is -2.43. The molecule has 0 bridgehead atoms. The normalized spacial score (nSPS) is 21.9. The first-order chi connectivity index (χ1) is 9.43. The van der Waals surface area contributed by atoms with Crippen molar-refractivity contribution in [2.75, 3.05) is 0 Å². The average molecular weight is 274 g/mol. The summed E-state index contributed by atoms with van der Waals surface area (Å²) in [5.41, 5.74) is 5.86. The molecule has 0 radical (unpaired) electrons. The Morgan fingerprint density at radius 2 is 2.35 bits per heavy atom. The molecule has 104 valence electrons. The third-order valence-corrected chi connectivity index (χ3v) is 3.97. The highest BCUT2D eigenvalue weighted by atomic mass is 19.1. The maximum absolute atomic E-state index is 13.6. The molecule has 0 amide bonds. The van der Waals surface area contributed by atoms with E-state index in [0.29, 0.717) is 22.6 Å². The molecule has 1 aromatic heterocycles. The van der Waals surface area contributed by atoms with E-state index in [1.165, 1.54) is 18.5 Å². The monoisotopic (exact) mass is 274 g/mol. The number of nitrogens with zero attached hydrogens (tertiary/aromatic N) is 3. The number of aliphatic hydroxyl groups is 1. The fourth-order valence-corrected chi connectivity index (χ4v) is 2.65. The van der Waals surface area contributed by atoms with Crippen LogP contribution in [0.4, 0.5) is 4.39 Å². The van der Waals surface area contributed by atoms with Crippen LogP contribution >= 0.6 is 0 Å². The maximum atomic E-state index is 13.6. The lowest BCUT2D eigenvalue weighted by molar-refractivity contribution is -0.0257. The van der Waals surface area contributed by atoms with E-state index in [-0.39, 0.29) is 6.54 Å². The van der Waals surface area contributed by atoms with Gasteiger partial charge in [0.2, 0.25) is 0 Å². The smallest absolute Gasteiger partial charge is 0.158 e. The zero-order chi connectivity index (χ0) is 14.5. The van der Waals surface area contributed by atoms with Gasteiger partial charge >= 0.3 is 0 Å². The van der Waals surface area contributed by atoms with Crippen molar-refractivity contribution in [1.82, 2.24) is 14.8 Å². The minimum Gasteiger partial charge on any atom is -0.402 e. The molecule has 3 rings (SSSR count). The largest absolute Gasteiger partial charge is 0.402 e. The Morgan fingerprint density at radius 1 is 1.60 bits per heavy atom. The predicted molar refractivity (Wildman–Crippen MR) is 71.8 cm³/mol. The van der Waals surface area contributed by atoms with Crippen molar-refractivity contribution in [3.05, 3.63) is 48.2 Å². The second-order valence-corrected chi connectivity index (χ2v) is 5.15. The molecule has 0 unspecified atom stereocenters. The third kappa shape index (κ3) is 1.65. The van der Waals surface area contributed by atoms with Crippen LogP contribution in [0.1, 0.15) is 12.5 Å². The molecule has 0 saturated heterocycles. The molecule has 2 aromatic rings. The van der Waals surface area contributed by atoms with Crippen LogP contribution < -0.4 is 5.73 Å². The highest BCUT2D eigenvalue weighted by Crippen LogP contribution is 2.43. The Morgan fingerprint density at radius 3 is 3.05 bits per heavy atom. The lowest BCUT2D eigenvalue weighted by Gasteiger charge is -2.39. The maximum Gasteiger partial charge on any atom is 0.158 e. The van der Waals surface area contributed by atoms with E-state index in [0.717, 1.165) is 0 Å². The van der Waals surface area contributed by atoms with Crippen LogP contribution in [0.2, 0.25) is 0 Å². The summed E-state index contributed by atoms with van der Waals surface area (Å²) in [5.74, 6) is -0.245. The quantitative estimate of drug-likeness (QED) is 0.867. The Hall–Kier alpha value is -2.21. The van der Waals surface area contributed by atoms with Gasteiger partial charge in [-0.25, -0.2) is 14.1 Å². The second-order valence-electron chi connectivity index (χ2n) is 5.15. The molecule has 0 aliphatic carbocycles.